The fourth-order valence-electron chi connectivity index (χ4n) is 3.29. The first-order valence-electron chi connectivity index (χ1n) is 9.48. The molecule has 0 bridgehead atoms. The predicted molar refractivity (Wildman–Crippen MR) is 115 cm³/mol. The van der Waals surface area contributed by atoms with E-state index in [4.69, 9.17) is 9.47 Å². The van der Waals surface area contributed by atoms with E-state index < -0.39 is 0 Å². The van der Waals surface area contributed by atoms with E-state index in [2.05, 4.69) is 10.5 Å². The summed E-state index contributed by atoms with van der Waals surface area (Å²) in [5.74, 6) is 0.726. The number of hydrazone groups is 1. The van der Waals surface area contributed by atoms with Gasteiger partial charge in [0.1, 0.15) is 18.0 Å². The highest BCUT2D eigenvalue weighted by Gasteiger charge is 2.26. The van der Waals surface area contributed by atoms with Crippen LogP contribution in [0.4, 0.5) is 5.69 Å². The van der Waals surface area contributed by atoms with Gasteiger partial charge in [0.05, 0.1) is 18.5 Å². The Labute approximate surface area is 173 Å². The maximum absolute atomic E-state index is 12.4. The number of hydrogen-bond donors (Lipinski definition) is 1. The number of benzene rings is 3. The quantitative estimate of drug-likeness (QED) is 0.524. The monoisotopic (exact) mass is 403 g/mol. The third-order valence-electron chi connectivity index (χ3n) is 4.92. The molecular formula is C23H21N3O4. The molecule has 0 fully saturated rings. The highest BCUT2D eigenvalue weighted by Crippen LogP contribution is 2.31. The predicted octanol–water partition coefficient (Wildman–Crippen LogP) is 3.11. The molecule has 0 aromatic heterocycles. The van der Waals surface area contributed by atoms with Crippen molar-refractivity contribution in [1.82, 2.24) is 5.43 Å². The van der Waals surface area contributed by atoms with Gasteiger partial charge in [-0.2, -0.15) is 5.10 Å². The molecule has 0 saturated carbocycles. The Hall–Kier alpha value is -3.87. The standard InChI is InChI=1S/C23H21N3O4/c1-15(16-7-8-18-12-19(29-2)10-9-17(18)11-16)24-25-22(27)13-26-20-5-3-4-6-21(20)30-14-23(26)28/h3-12H,13-14H2,1-2H3,(H,25,27)/b24-15-. The van der Waals surface area contributed by atoms with Crippen molar-refractivity contribution in [3.05, 3.63) is 66.2 Å². The number of amides is 2. The van der Waals surface area contributed by atoms with E-state index in [-0.39, 0.29) is 25.0 Å². The Bertz CT molecular complexity index is 1160. The molecule has 4 rings (SSSR count). The lowest BCUT2D eigenvalue weighted by molar-refractivity contribution is -0.125. The van der Waals surface area contributed by atoms with Crippen LogP contribution < -0.4 is 19.8 Å². The van der Waals surface area contributed by atoms with E-state index in [9.17, 15) is 9.59 Å². The van der Waals surface area contributed by atoms with Crippen molar-refractivity contribution in [2.45, 2.75) is 6.92 Å². The third-order valence-corrected chi connectivity index (χ3v) is 4.92. The maximum Gasteiger partial charge on any atom is 0.265 e. The summed E-state index contributed by atoms with van der Waals surface area (Å²) in [7, 11) is 1.64. The van der Waals surface area contributed by atoms with Gasteiger partial charge in [-0.15, -0.1) is 0 Å². The minimum atomic E-state index is -0.384. The summed E-state index contributed by atoms with van der Waals surface area (Å²) < 4.78 is 10.6. The van der Waals surface area contributed by atoms with E-state index >= 15 is 0 Å². The van der Waals surface area contributed by atoms with E-state index in [0.29, 0.717) is 17.1 Å². The molecule has 0 aliphatic carbocycles. The zero-order valence-corrected chi connectivity index (χ0v) is 16.7. The van der Waals surface area contributed by atoms with Gasteiger partial charge in [0.25, 0.3) is 11.8 Å². The molecule has 0 atom stereocenters. The second-order valence-electron chi connectivity index (χ2n) is 6.90. The highest BCUT2D eigenvalue weighted by atomic mass is 16.5. The second kappa shape index (κ2) is 8.24. The van der Waals surface area contributed by atoms with Crippen LogP contribution in [0, 0.1) is 0 Å². The van der Waals surface area contributed by atoms with Crippen molar-refractivity contribution in [3.63, 3.8) is 0 Å². The first kappa shape index (κ1) is 19.4. The summed E-state index contributed by atoms with van der Waals surface area (Å²) in [6.07, 6.45) is 0. The number of carbonyl (C=O) groups excluding carboxylic acids is 2. The second-order valence-corrected chi connectivity index (χ2v) is 6.90. The lowest BCUT2D eigenvalue weighted by atomic mass is 10.0. The van der Waals surface area contributed by atoms with Crippen LogP contribution in [0.15, 0.2) is 65.8 Å². The molecule has 3 aromatic carbocycles. The summed E-state index contributed by atoms with van der Waals surface area (Å²) in [4.78, 5) is 26.0. The fraction of sp³-hybridized carbons (Fsp3) is 0.174. The molecule has 1 N–H and O–H groups in total. The maximum atomic E-state index is 12.4. The lowest BCUT2D eigenvalue weighted by Gasteiger charge is -2.28. The molecule has 0 radical (unpaired) electrons. The number of hydrogen-bond acceptors (Lipinski definition) is 5. The Kier molecular flexibility index (Phi) is 5.34. The molecule has 152 valence electrons. The van der Waals surface area contributed by atoms with Crippen molar-refractivity contribution in [3.8, 4) is 11.5 Å². The van der Waals surface area contributed by atoms with Crippen molar-refractivity contribution in [2.75, 3.05) is 25.2 Å². The van der Waals surface area contributed by atoms with E-state index in [1.165, 1.54) is 4.90 Å². The van der Waals surface area contributed by atoms with Gasteiger partial charge in [0, 0.05) is 0 Å². The Morgan fingerprint density at radius 1 is 1.13 bits per heavy atom. The van der Waals surface area contributed by atoms with Gasteiger partial charge in [0.15, 0.2) is 6.61 Å². The zero-order chi connectivity index (χ0) is 21.1. The molecule has 7 nitrogen and oxygen atoms in total. The van der Waals surface area contributed by atoms with Crippen LogP contribution in [0.1, 0.15) is 12.5 Å². The molecule has 30 heavy (non-hydrogen) atoms. The van der Waals surface area contributed by atoms with Gasteiger partial charge in [-0.1, -0.05) is 30.3 Å². The van der Waals surface area contributed by atoms with Gasteiger partial charge >= 0.3 is 0 Å². The molecule has 2 amide bonds. The normalized spacial score (nSPS) is 13.6. The number of anilines is 1. The van der Waals surface area contributed by atoms with Gasteiger partial charge in [0.2, 0.25) is 0 Å². The summed E-state index contributed by atoms with van der Waals surface area (Å²) in [6.45, 7) is 1.60. The Morgan fingerprint density at radius 3 is 2.73 bits per heavy atom. The fourth-order valence-corrected chi connectivity index (χ4v) is 3.29. The first-order valence-corrected chi connectivity index (χ1v) is 9.48. The lowest BCUT2D eigenvalue weighted by Crippen LogP contribution is -2.44. The van der Waals surface area contributed by atoms with Crippen molar-refractivity contribution in [2.24, 2.45) is 5.10 Å². The summed E-state index contributed by atoms with van der Waals surface area (Å²) >= 11 is 0. The van der Waals surface area contributed by atoms with Crippen molar-refractivity contribution in [1.29, 1.82) is 0 Å². The molecule has 0 unspecified atom stereocenters. The van der Waals surface area contributed by atoms with E-state index in [0.717, 1.165) is 22.1 Å². The average molecular weight is 403 g/mol. The summed E-state index contributed by atoms with van der Waals surface area (Å²) in [6, 6.07) is 18.9. The number of ether oxygens (including phenoxy) is 2. The molecule has 7 heteroatoms. The number of nitrogens with one attached hydrogen (secondary N) is 1. The van der Waals surface area contributed by atoms with Crippen molar-refractivity contribution >= 4 is 34.0 Å². The molecule has 1 heterocycles. The smallest absolute Gasteiger partial charge is 0.265 e. The number of methoxy groups -OCH3 is 1. The Balaban J connectivity index is 1.46. The molecule has 0 saturated heterocycles. The summed E-state index contributed by atoms with van der Waals surface area (Å²) in [5, 5.41) is 6.31. The van der Waals surface area contributed by atoms with Gasteiger partial charge < -0.3 is 9.47 Å². The van der Waals surface area contributed by atoms with Gasteiger partial charge in [-0.3, -0.25) is 14.5 Å². The van der Waals surface area contributed by atoms with E-state index in [1.807, 2.05) is 49.4 Å². The summed E-state index contributed by atoms with van der Waals surface area (Å²) in [5.41, 5.74) is 4.67. The molecular weight excluding hydrogens is 382 g/mol. The Morgan fingerprint density at radius 2 is 1.90 bits per heavy atom. The number of para-hydroxylation sites is 2. The highest BCUT2D eigenvalue weighted by molar-refractivity contribution is 6.04. The molecule has 1 aliphatic rings. The topological polar surface area (TPSA) is 80.2 Å². The van der Waals surface area contributed by atoms with Crippen LogP contribution in [0.25, 0.3) is 10.8 Å². The number of fused-ring (bicyclic) bond motifs is 2. The third kappa shape index (κ3) is 3.96. The van der Waals surface area contributed by atoms with Crippen LogP contribution >= 0.6 is 0 Å². The van der Waals surface area contributed by atoms with Crippen LogP contribution in [-0.2, 0) is 9.59 Å². The molecule has 0 spiro atoms. The SMILES string of the molecule is COc1ccc2cc(/C(C)=N\NC(=O)CN3C(=O)COc4ccccc43)ccc2c1. The van der Waals surface area contributed by atoms with Gasteiger partial charge in [-0.25, -0.2) is 5.43 Å². The molecule has 1 aliphatic heterocycles. The van der Waals surface area contributed by atoms with Gasteiger partial charge in [-0.05, 0) is 53.6 Å². The first-order chi connectivity index (χ1) is 14.5. The largest absolute Gasteiger partial charge is 0.497 e. The number of nitrogens with zero attached hydrogens (tertiary/aromatic N) is 2. The average Bonchev–Trinajstić information content (AvgIpc) is 2.78. The van der Waals surface area contributed by atoms with Crippen LogP contribution in [-0.4, -0.2) is 37.8 Å². The van der Waals surface area contributed by atoms with Crippen LogP contribution in [0.5, 0.6) is 11.5 Å². The number of carbonyl (C=O) groups is 2. The minimum Gasteiger partial charge on any atom is -0.497 e. The number of rotatable bonds is 5. The van der Waals surface area contributed by atoms with E-state index in [1.54, 1.807) is 25.3 Å². The van der Waals surface area contributed by atoms with Crippen molar-refractivity contribution < 1.29 is 19.1 Å². The minimum absolute atomic E-state index is 0.0888. The zero-order valence-electron chi connectivity index (χ0n) is 16.7. The van der Waals surface area contributed by atoms with Crippen LogP contribution in [0.2, 0.25) is 0 Å². The molecule has 3 aromatic rings. The van der Waals surface area contributed by atoms with Crippen LogP contribution in [0.3, 0.4) is 0 Å².